The monoisotopic (exact) mass is 257 g/mol. The second-order valence-corrected chi connectivity index (χ2v) is 3.98. The van der Waals surface area contributed by atoms with Crippen molar-refractivity contribution in [1.82, 2.24) is 9.97 Å². The smallest absolute Gasteiger partial charge is 0.223 e. The van der Waals surface area contributed by atoms with Gasteiger partial charge in [-0.2, -0.15) is 9.97 Å². The van der Waals surface area contributed by atoms with Crippen LogP contribution in [-0.2, 0) is 4.79 Å². The van der Waals surface area contributed by atoms with Gasteiger partial charge in [-0.3, -0.25) is 4.79 Å². The minimum atomic E-state index is -0.550. The fraction of sp³-hybridized carbons (Fsp3) is 0.444. The number of fused-ring (bicyclic) bond motifs is 1. The van der Waals surface area contributed by atoms with Gasteiger partial charge < -0.3 is 20.6 Å². The van der Waals surface area contributed by atoms with Crippen molar-refractivity contribution in [2.75, 3.05) is 35.7 Å². The lowest BCUT2D eigenvalue weighted by atomic mass is 10.4. The van der Waals surface area contributed by atoms with Crippen molar-refractivity contribution < 1.29 is 9.90 Å². The molecule has 0 bridgehead atoms. The van der Waals surface area contributed by atoms with Crippen LogP contribution < -0.4 is 15.5 Å². The van der Waals surface area contributed by atoms with Crippen LogP contribution in [0.4, 0.5) is 17.5 Å². The minimum Gasteiger partial charge on any atom is -0.395 e. The summed E-state index contributed by atoms with van der Waals surface area (Å²) < 4.78 is 0. The Labute approximate surface area is 103 Å². The molecule has 1 aliphatic heterocycles. The largest absolute Gasteiger partial charge is 0.395 e. The van der Waals surface area contributed by atoms with E-state index in [9.17, 15) is 4.79 Å². The number of carbonyl (C=O) groups excluding carboxylic acids is 1. The standard InChI is InChI=1S/C9H12ClN5O2/c1-14-5(4-17)15(2-3-16)8-6(14)7(10)12-9(11)13-8/h4-5,16H,2-3H2,1H3,(H2,11,12,13). The van der Waals surface area contributed by atoms with Crippen molar-refractivity contribution >= 4 is 35.3 Å². The van der Waals surface area contributed by atoms with E-state index < -0.39 is 6.17 Å². The van der Waals surface area contributed by atoms with Gasteiger partial charge in [-0.1, -0.05) is 11.6 Å². The van der Waals surface area contributed by atoms with Gasteiger partial charge in [0.2, 0.25) is 5.95 Å². The molecule has 2 rings (SSSR count). The lowest BCUT2D eigenvalue weighted by Crippen LogP contribution is -2.44. The molecule has 0 saturated carbocycles. The summed E-state index contributed by atoms with van der Waals surface area (Å²) in [6, 6.07) is 0. The zero-order chi connectivity index (χ0) is 12.6. The average molecular weight is 258 g/mol. The van der Waals surface area contributed by atoms with Crippen molar-refractivity contribution in [1.29, 1.82) is 0 Å². The third kappa shape index (κ3) is 1.77. The number of nitrogen functional groups attached to an aromatic ring is 1. The second kappa shape index (κ2) is 4.34. The molecule has 0 radical (unpaired) electrons. The first kappa shape index (κ1) is 11.9. The van der Waals surface area contributed by atoms with E-state index in [0.29, 0.717) is 11.5 Å². The van der Waals surface area contributed by atoms with Crippen molar-refractivity contribution in [2.24, 2.45) is 0 Å². The molecule has 0 spiro atoms. The van der Waals surface area contributed by atoms with E-state index >= 15 is 0 Å². The van der Waals surface area contributed by atoms with Gasteiger partial charge in [0.15, 0.2) is 23.4 Å². The summed E-state index contributed by atoms with van der Waals surface area (Å²) in [6.45, 7) is 0.173. The van der Waals surface area contributed by atoms with Crippen LogP contribution >= 0.6 is 11.6 Å². The first-order chi connectivity index (χ1) is 8.10. The highest BCUT2D eigenvalue weighted by molar-refractivity contribution is 6.33. The molecule has 1 aliphatic rings. The maximum atomic E-state index is 11.1. The highest BCUT2D eigenvalue weighted by Crippen LogP contribution is 2.40. The molecular weight excluding hydrogens is 246 g/mol. The predicted molar refractivity (Wildman–Crippen MR) is 64.1 cm³/mol. The van der Waals surface area contributed by atoms with Crippen LogP contribution in [0.15, 0.2) is 0 Å². The van der Waals surface area contributed by atoms with E-state index in [1.54, 1.807) is 16.8 Å². The Morgan fingerprint density at radius 1 is 1.59 bits per heavy atom. The van der Waals surface area contributed by atoms with E-state index in [-0.39, 0.29) is 24.3 Å². The summed E-state index contributed by atoms with van der Waals surface area (Å²) in [6.07, 6.45) is 0.204. The number of nitrogens with two attached hydrogens (primary N) is 1. The molecule has 7 nitrogen and oxygen atoms in total. The first-order valence-electron chi connectivity index (χ1n) is 4.98. The van der Waals surface area contributed by atoms with E-state index in [1.807, 2.05) is 0 Å². The molecule has 0 fully saturated rings. The Morgan fingerprint density at radius 2 is 2.29 bits per heavy atom. The summed E-state index contributed by atoms with van der Waals surface area (Å²) >= 11 is 5.98. The molecule has 1 atom stereocenters. The van der Waals surface area contributed by atoms with Crippen LogP contribution in [0.5, 0.6) is 0 Å². The van der Waals surface area contributed by atoms with E-state index in [2.05, 4.69) is 9.97 Å². The van der Waals surface area contributed by atoms with Crippen molar-refractivity contribution in [3.05, 3.63) is 5.15 Å². The van der Waals surface area contributed by atoms with Crippen LogP contribution in [-0.4, -0.2) is 47.7 Å². The molecule has 3 N–H and O–H groups in total. The number of halogens is 1. The number of likely N-dealkylation sites (N-methyl/N-ethyl adjacent to an activating group) is 1. The van der Waals surface area contributed by atoms with Crippen LogP contribution in [0.2, 0.25) is 5.15 Å². The van der Waals surface area contributed by atoms with Crippen LogP contribution in [0, 0.1) is 0 Å². The Bertz CT molecular complexity index is 455. The quantitative estimate of drug-likeness (QED) is 0.556. The zero-order valence-electron chi connectivity index (χ0n) is 9.17. The van der Waals surface area contributed by atoms with Gasteiger partial charge in [-0.05, 0) is 0 Å². The Balaban J connectivity index is 2.54. The van der Waals surface area contributed by atoms with Crippen molar-refractivity contribution in [3.63, 3.8) is 0 Å². The molecule has 8 heteroatoms. The molecule has 1 aromatic rings. The number of hydrogen-bond donors (Lipinski definition) is 2. The summed E-state index contributed by atoms with van der Waals surface area (Å²) in [7, 11) is 1.71. The Hall–Kier alpha value is -1.60. The molecule has 0 amide bonds. The molecule has 0 aliphatic carbocycles. The number of nitrogens with zero attached hydrogens (tertiary/aromatic N) is 4. The van der Waals surface area contributed by atoms with Gasteiger partial charge >= 0.3 is 0 Å². The molecule has 2 heterocycles. The van der Waals surface area contributed by atoms with Crippen LogP contribution in [0.25, 0.3) is 0 Å². The maximum absolute atomic E-state index is 11.1. The topological polar surface area (TPSA) is 95.6 Å². The number of rotatable bonds is 3. The number of hydrogen-bond acceptors (Lipinski definition) is 7. The third-order valence-corrected chi connectivity index (χ3v) is 2.91. The Kier molecular flexibility index (Phi) is 3.03. The molecule has 17 heavy (non-hydrogen) atoms. The molecule has 1 aromatic heterocycles. The van der Waals surface area contributed by atoms with Crippen LogP contribution in [0.1, 0.15) is 0 Å². The van der Waals surface area contributed by atoms with E-state index in [4.69, 9.17) is 22.4 Å². The van der Waals surface area contributed by atoms with E-state index in [0.717, 1.165) is 6.29 Å². The van der Waals surface area contributed by atoms with Gasteiger partial charge in [0, 0.05) is 13.6 Å². The number of aliphatic hydroxyl groups excluding tert-OH is 1. The maximum Gasteiger partial charge on any atom is 0.223 e. The number of β-amino-alcohol motifs (C(OH)–C–C–N with tert-alkyl or cyclic N) is 1. The minimum absolute atomic E-state index is 0.0386. The Morgan fingerprint density at radius 3 is 2.88 bits per heavy atom. The van der Waals surface area contributed by atoms with Gasteiger partial charge in [0.1, 0.15) is 5.69 Å². The molecule has 0 saturated heterocycles. The highest BCUT2D eigenvalue weighted by atomic mass is 35.5. The fourth-order valence-electron chi connectivity index (χ4n) is 1.91. The summed E-state index contributed by atoms with van der Waals surface area (Å²) in [4.78, 5) is 22.3. The predicted octanol–water partition coefficient (Wildman–Crippen LogP) is -0.514. The number of aliphatic hydroxyl groups is 1. The van der Waals surface area contributed by atoms with E-state index in [1.165, 1.54) is 0 Å². The molecule has 1 unspecified atom stereocenters. The number of aldehydes is 1. The lowest BCUT2D eigenvalue weighted by Gasteiger charge is -2.24. The third-order valence-electron chi connectivity index (χ3n) is 2.64. The normalized spacial score (nSPS) is 18.4. The molecule has 92 valence electrons. The number of anilines is 3. The fourth-order valence-corrected chi connectivity index (χ4v) is 2.22. The van der Waals surface area contributed by atoms with Gasteiger partial charge in [-0.25, -0.2) is 0 Å². The highest BCUT2D eigenvalue weighted by Gasteiger charge is 2.37. The lowest BCUT2D eigenvalue weighted by molar-refractivity contribution is -0.108. The summed E-state index contributed by atoms with van der Waals surface area (Å²) in [5.41, 5.74) is 6.07. The number of aromatic nitrogens is 2. The van der Waals surface area contributed by atoms with Gasteiger partial charge in [0.05, 0.1) is 6.61 Å². The summed E-state index contributed by atoms with van der Waals surface area (Å²) in [5.74, 6) is 0.507. The van der Waals surface area contributed by atoms with Crippen molar-refractivity contribution in [2.45, 2.75) is 6.17 Å². The average Bonchev–Trinajstić information content (AvgIpc) is 2.52. The van der Waals surface area contributed by atoms with Gasteiger partial charge in [0.25, 0.3) is 0 Å². The van der Waals surface area contributed by atoms with Gasteiger partial charge in [-0.15, -0.1) is 0 Å². The molecular formula is C9H12ClN5O2. The SMILES string of the molecule is CN1c2c(Cl)nc(N)nc2N(CCO)C1C=O. The second-order valence-electron chi connectivity index (χ2n) is 3.62. The summed E-state index contributed by atoms with van der Waals surface area (Å²) in [5, 5.41) is 9.20. The number of carbonyl (C=O) groups is 1. The molecule has 0 aromatic carbocycles. The zero-order valence-corrected chi connectivity index (χ0v) is 9.92. The van der Waals surface area contributed by atoms with Crippen LogP contribution in [0.3, 0.4) is 0 Å². The van der Waals surface area contributed by atoms with Crippen molar-refractivity contribution in [3.8, 4) is 0 Å². The first-order valence-corrected chi connectivity index (χ1v) is 5.36.